The molecule has 11 aromatic rings. The number of hydrogen-bond donors (Lipinski definition) is 0. The van der Waals surface area contributed by atoms with E-state index in [1.54, 1.807) is 27.0 Å². The van der Waals surface area contributed by atoms with Crippen LogP contribution in [0.25, 0.3) is 98.0 Å². The van der Waals surface area contributed by atoms with Gasteiger partial charge in [-0.15, -0.1) is 0 Å². The zero-order valence-electron chi connectivity index (χ0n) is 23.2. The highest BCUT2D eigenvalue weighted by molar-refractivity contribution is 6.40. The van der Waals surface area contributed by atoms with Gasteiger partial charge in [0.25, 0.3) is 17.6 Å². The number of nitrogens with zero attached hydrogens (tertiary/aromatic N) is 4. The molecule has 8 heteroatoms. The van der Waals surface area contributed by atoms with Gasteiger partial charge in [-0.2, -0.15) is 0 Å². The van der Waals surface area contributed by atoms with E-state index in [-0.39, 0.29) is 11.1 Å². The summed E-state index contributed by atoms with van der Waals surface area (Å²) in [5.41, 5.74) is 3.75. The number of carbonyl (C=O) groups is 1. The second-order valence-electron chi connectivity index (χ2n) is 11.6. The van der Waals surface area contributed by atoms with Crippen molar-refractivity contribution in [2.75, 3.05) is 0 Å². The average molecular weight is 581 g/mol. The Balaban J connectivity index is 1.34. The maximum Gasteiger partial charge on any atom is 0.298 e. The minimum absolute atomic E-state index is 0.0860. The number of hydrogen-bond acceptors (Lipinski definition) is 6. The maximum absolute atomic E-state index is 14.1. The first-order chi connectivity index (χ1) is 22.1. The van der Waals surface area contributed by atoms with Crippen LogP contribution in [-0.4, -0.2) is 25.2 Å². The Morgan fingerprint density at radius 3 is 1.56 bits per heavy atom. The highest BCUT2D eigenvalue weighted by Gasteiger charge is 2.24. The molecule has 7 aromatic carbocycles. The largest absolute Gasteiger partial charge is 0.429 e. The Morgan fingerprint density at radius 2 is 0.978 bits per heavy atom. The minimum Gasteiger partial charge on any atom is -0.429 e. The minimum atomic E-state index is -0.159. The van der Waals surface area contributed by atoms with E-state index in [1.807, 2.05) is 54.6 Å². The van der Waals surface area contributed by atoms with Crippen LogP contribution in [0.1, 0.15) is 0 Å². The Hall–Kier alpha value is -6.41. The van der Waals surface area contributed by atoms with E-state index in [9.17, 15) is 14.4 Å². The van der Waals surface area contributed by atoms with Gasteiger partial charge in [0.05, 0.1) is 22.1 Å². The summed E-state index contributed by atoms with van der Waals surface area (Å²) >= 11 is 0. The van der Waals surface area contributed by atoms with Crippen molar-refractivity contribution >= 4 is 104 Å². The third kappa shape index (κ3) is 2.55. The maximum atomic E-state index is 14.1. The normalized spacial score (nSPS) is 12.7. The van der Waals surface area contributed by atoms with Gasteiger partial charge >= 0.3 is 0 Å². The zero-order chi connectivity index (χ0) is 29.7. The van der Waals surface area contributed by atoms with E-state index in [0.717, 1.165) is 64.9 Å². The van der Waals surface area contributed by atoms with Crippen molar-refractivity contribution < 1.29 is 9.53 Å². The van der Waals surface area contributed by atoms with Gasteiger partial charge in [-0.1, -0.05) is 36.4 Å². The van der Waals surface area contributed by atoms with E-state index in [0.29, 0.717) is 45.3 Å². The quantitative estimate of drug-likeness (QED) is 0.127. The van der Waals surface area contributed by atoms with E-state index in [2.05, 4.69) is 18.2 Å². The van der Waals surface area contributed by atoms with Crippen LogP contribution in [0, 0.1) is 0 Å². The molecule has 208 valence electrons. The molecular formula is C37H16N4O4. The molecule has 0 unspecified atom stereocenters. The molecule has 0 N–H and O–H groups in total. The van der Waals surface area contributed by atoms with Crippen molar-refractivity contribution in [2.45, 2.75) is 0 Å². The molecule has 8 nitrogen and oxygen atoms in total. The van der Waals surface area contributed by atoms with Gasteiger partial charge in [-0.05, 0) is 80.8 Å². The van der Waals surface area contributed by atoms with Crippen molar-refractivity contribution in [1.29, 1.82) is 0 Å². The summed E-state index contributed by atoms with van der Waals surface area (Å²) in [6.45, 7) is 0.375. The number of para-hydroxylation sites is 2. The molecule has 4 aromatic heterocycles. The van der Waals surface area contributed by atoms with E-state index >= 15 is 0 Å². The fourth-order valence-corrected chi connectivity index (χ4v) is 7.85. The standard InChI is InChI=1S/C37H16N4O4/c42-16-45-17-5-14-29-27(15-17)39-35-23-11-7-19-20-8-12-24-32-22(34-38-26-3-1-2-4-28(26)40(34)36(24)43)10-6-18(30(20)32)21-9-13-25(33(23)31(19)21)37(44)41(29)35/h1-16H. The molecule has 0 amide bonds. The summed E-state index contributed by atoms with van der Waals surface area (Å²) in [6, 6.07) is 29.0. The summed E-state index contributed by atoms with van der Waals surface area (Å²) < 4.78 is 8.40. The summed E-state index contributed by atoms with van der Waals surface area (Å²) in [7, 11) is 0. The van der Waals surface area contributed by atoms with Crippen molar-refractivity contribution in [2.24, 2.45) is 0 Å². The van der Waals surface area contributed by atoms with Crippen LogP contribution in [-0.2, 0) is 4.79 Å². The molecule has 0 spiro atoms. The number of carbonyl (C=O) groups excluding carboxylic acids is 1. The number of benzene rings is 7. The number of pyridine rings is 2. The number of fused-ring (bicyclic) bond motifs is 10. The average Bonchev–Trinajstić information content (AvgIpc) is 3.65. The lowest BCUT2D eigenvalue weighted by molar-refractivity contribution is -0.120. The number of rotatable bonds is 2. The molecule has 45 heavy (non-hydrogen) atoms. The van der Waals surface area contributed by atoms with Crippen LogP contribution < -0.4 is 15.9 Å². The monoisotopic (exact) mass is 580 g/mol. The van der Waals surface area contributed by atoms with Crippen LogP contribution in [0.2, 0.25) is 0 Å². The molecule has 0 bridgehead atoms. The second-order valence-corrected chi connectivity index (χ2v) is 11.6. The number of ether oxygens (including phenoxy) is 1. The first-order valence-corrected chi connectivity index (χ1v) is 14.5. The molecule has 0 saturated heterocycles. The Kier molecular flexibility index (Phi) is 3.88. The van der Waals surface area contributed by atoms with E-state index < -0.39 is 0 Å². The number of aromatic nitrogens is 4. The van der Waals surface area contributed by atoms with Gasteiger partial charge in [-0.3, -0.25) is 23.2 Å². The highest BCUT2D eigenvalue weighted by Crippen LogP contribution is 2.45. The molecule has 0 aliphatic heterocycles. The van der Waals surface area contributed by atoms with Crippen molar-refractivity contribution in [3.63, 3.8) is 0 Å². The third-order valence-corrected chi connectivity index (χ3v) is 9.62. The summed E-state index contributed by atoms with van der Waals surface area (Å²) in [5, 5.41) is 10.9. The van der Waals surface area contributed by atoms with Gasteiger partial charge < -0.3 is 4.74 Å². The first-order valence-electron chi connectivity index (χ1n) is 14.5. The summed E-state index contributed by atoms with van der Waals surface area (Å²) in [6.07, 6.45) is 0. The van der Waals surface area contributed by atoms with Crippen molar-refractivity contribution in [3.8, 4) is 5.75 Å². The third-order valence-electron chi connectivity index (χ3n) is 9.62. The Labute approximate surface area is 249 Å². The van der Waals surface area contributed by atoms with Gasteiger partial charge in [-0.25, -0.2) is 9.97 Å². The van der Waals surface area contributed by atoms with Crippen LogP contribution in [0.3, 0.4) is 0 Å². The predicted octanol–water partition coefficient (Wildman–Crippen LogP) is 6.78. The van der Waals surface area contributed by atoms with Crippen molar-refractivity contribution in [3.05, 3.63) is 112 Å². The smallest absolute Gasteiger partial charge is 0.298 e. The van der Waals surface area contributed by atoms with Crippen molar-refractivity contribution in [1.82, 2.24) is 18.8 Å². The number of imidazole rings is 2. The molecule has 0 fully saturated rings. The van der Waals surface area contributed by atoms with Gasteiger partial charge in [0, 0.05) is 38.4 Å². The SMILES string of the molecule is O=COc1ccc2c(c1)nc1c3ccc4c5ccc6c(=O)n7c8ccccc8nc7c7ccc(c8ccc(c(=O)n21)c3c84)c5c67. The van der Waals surface area contributed by atoms with Crippen LogP contribution >= 0.6 is 0 Å². The van der Waals surface area contributed by atoms with E-state index in [4.69, 9.17) is 14.7 Å². The molecule has 0 atom stereocenters. The fourth-order valence-electron chi connectivity index (χ4n) is 7.85. The Bertz CT molecular complexity index is 3230. The van der Waals surface area contributed by atoms with Crippen LogP contribution in [0.5, 0.6) is 5.75 Å². The van der Waals surface area contributed by atoms with Gasteiger partial charge in [0.2, 0.25) is 0 Å². The second kappa shape index (κ2) is 7.56. The lowest BCUT2D eigenvalue weighted by atomic mass is 9.86. The molecule has 0 aliphatic rings. The van der Waals surface area contributed by atoms with Crippen LogP contribution in [0.4, 0.5) is 0 Å². The lowest BCUT2D eigenvalue weighted by Crippen LogP contribution is -2.14. The zero-order valence-corrected chi connectivity index (χ0v) is 23.2. The van der Waals surface area contributed by atoms with Gasteiger partial charge in [0.1, 0.15) is 17.0 Å². The molecule has 11 rings (SSSR count). The predicted molar refractivity (Wildman–Crippen MR) is 177 cm³/mol. The molecular weight excluding hydrogens is 564 g/mol. The molecule has 0 radical (unpaired) electrons. The van der Waals surface area contributed by atoms with Crippen LogP contribution in [0.15, 0.2) is 101 Å². The first kappa shape index (κ1) is 23.1. The molecule has 0 saturated carbocycles. The molecule has 0 aliphatic carbocycles. The lowest BCUT2D eigenvalue weighted by Gasteiger charge is -2.18. The molecule has 4 heterocycles. The van der Waals surface area contributed by atoms with E-state index in [1.165, 1.54) is 0 Å². The Morgan fingerprint density at radius 1 is 0.511 bits per heavy atom. The summed E-state index contributed by atoms with van der Waals surface area (Å²) in [5.74, 6) is 0.362. The van der Waals surface area contributed by atoms with Gasteiger partial charge in [0.15, 0.2) is 0 Å². The summed E-state index contributed by atoms with van der Waals surface area (Å²) in [4.78, 5) is 48.8. The topological polar surface area (TPSA) is 95.0 Å². The fraction of sp³-hybridized carbons (Fsp3) is 0. The highest BCUT2D eigenvalue weighted by atomic mass is 16.5.